The molecule has 1 aromatic carbocycles. The molecule has 2 heteroatoms. The van der Waals surface area contributed by atoms with Gasteiger partial charge in [0.1, 0.15) is 0 Å². The summed E-state index contributed by atoms with van der Waals surface area (Å²) in [4.78, 5) is 5.60. The number of aromatic nitrogens is 1. The van der Waals surface area contributed by atoms with Crippen molar-refractivity contribution in [2.75, 3.05) is 0 Å². The van der Waals surface area contributed by atoms with E-state index in [0.29, 0.717) is 0 Å². The Hall–Kier alpha value is -1.15. The van der Waals surface area contributed by atoms with Gasteiger partial charge in [-0.15, -0.1) is 11.3 Å². The normalized spacial score (nSPS) is 10.2. The minimum atomic E-state index is 1.01. The van der Waals surface area contributed by atoms with Crippen molar-refractivity contribution in [3.8, 4) is 0 Å². The molecule has 1 aromatic heterocycles. The molecule has 2 aromatic rings. The third-order valence-corrected chi connectivity index (χ3v) is 2.99. The standard InChI is InChI=1S/C11H11NS/c1-9-11(13-8-12-9)7-10-5-3-2-4-6-10/h2-6,8H,7H2,1H3. The van der Waals surface area contributed by atoms with Crippen LogP contribution in [0, 0.1) is 6.92 Å². The van der Waals surface area contributed by atoms with Crippen molar-refractivity contribution in [3.63, 3.8) is 0 Å². The van der Waals surface area contributed by atoms with Crippen LogP contribution in [0.15, 0.2) is 35.8 Å². The lowest BCUT2D eigenvalue weighted by Gasteiger charge is -1.98. The molecule has 0 aliphatic rings. The van der Waals surface area contributed by atoms with E-state index in [1.54, 1.807) is 11.3 Å². The first-order valence-corrected chi connectivity index (χ1v) is 5.17. The number of hydrogen-bond donors (Lipinski definition) is 0. The Labute approximate surface area is 82.1 Å². The third-order valence-electron chi connectivity index (χ3n) is 2.05. The molecule has 1 heterocycles. The highest BCUT2D eigenvalue weighted by molar-refractivity contribution is 7.09. The number of thiazole rings is 1. The van der Waals surface area contributed by atoms with Crippen LogP contribution < -0.4 is 0 Å². The summed E-state index contributed by atoms with van der Waals surface area (Å²) in [5, 5.41) is 0. The van der Waals surface area contributed by atoms with E-state index in [9.17, 15) is 0 Å². The molecule has 0 atom stereocenters. The molecular formula is C11H11NS. The first kappa shape index (κ1) is 8.45. The van der Waals surface area contributed by atoms with E-state index >= 15 is 0 Å². The molecule has 0 N–H and O–H groups in total. The van der Waals surface area contributed by atoms with Crippen LogP contribution in [-0.2, 0) is 6.42 Å². The van der Waals surface area contributed by atoms with Gasteiger partial charge in [0.05, 0.1) is 11.2 Å². The molecule has 66 valence electrons. The van der Waals surface area contributed by atoms with Gasteiger partial charge in [-0.1, -0.05) is 30.3 Å². The average Bonchev–Trinajstić information content (AvgIpc) is 2.54. The van der Waals surface area contributed by atoms with Crippen LogP contribution in [0.5, 0.6) is 0 Å². The van der Waals surface area contributed by atoms with E-state index in [-0.39, 0.29) is 0 Å². The zero-order chi connectivity index (χ0) is 9.10. The van der Waals surface area contributed by atoms with Crippen LogP contribution in [0.4, 0.5) is 0 Å². The Balaban J connectivity index is 2.20. The van der Waals surface area contributed by atoms with Crippen molar-refractivity contribution in [2.45, 2.75) is 13.3 Å². The maximum absolute atomic E-state index is 4.23. The predicted octanol–water partition coefficient (Wildman–Crippen LogP) is 3.04. The van der Waals surface area contributed by atoms with Gasteiger partial charge in [0, 0.05) is 11.3 Å². The SMILES string of the molecule is Cc1ncsc1Cc1ccccc1. The highest BCUT2D eigenvalue weighted by Crippen LogP contribution is 2.16. The van der Waals surface area contributed by atoms with Crippen molar-refractivity contribution < 1.29 is 0 Å². The van der Waals surface area contributed by atoms with E-state index in [1.807, 2.05) is 11.6 Å². The molecule has 0 saturated heterocycles. The summed E-state index contributed by atoms with van der Waals surface area (Å²) < 4.78 is 0. The van der Waals surface area contributed by atoms with Crippen LogP contribution in [0.1, 0.15) is 16.1 Å². The molecule has 0 radical (unpaired) electrons. The maximum atomic E-state index is 4.23. The zero-order valence-electron chi connectivity index (χ0n) is 7.53. The van der Waals surface area contributed by atoms with Crippen molar-refractivity contribution in [1.82, 2.24) is 4.98 Å². The molecule has 0 bridgehead atoms. The van der Waals surface area contributed by atoms with Gasteiger partial charge < -0.3 is 0 Å². The van der Waals surface area contributed by atoms with Crippen LogP contribution in [-0.4, -0.2) is 4.98 Å². The Morgan fingerprint density at radius 1 is 1.23 bits per heavy atom. The Kier molecular flexibility index (Phi) is 2.41. The summed E-state index contributed by atoms with van der Waals surface area (Å²) >= 11 is 1.73. The fourth-order valence-electron chi connectivity index (χ4n) is 1.28. The molecule has 0 aliphatic heterocycles. The quantitative estimate of drug-likeness (QED) is 0.707. The van der Waals surface area contributed by atoms with Gasteiger partial charge >= 0.3 is 0 Å². The second-order valence-corrected chi connectivity index (χ2v) is 3.96. The summed E-state index contributed by atoms with van der Waals surface area (Å²) in [6.07, 6.45) is 1.01. The van der Waals surface area contributed by atoms with Gasteiger partial charge in [-0.25, -0.2) is 4.98 Å². The lowest BCUT2D eigenvalue weighted by Crippen LogP contribution is -1.86. The van der Waals surface area contributed by atoms with Gasteiger partial charge in [0.25, 0.3) is 0 Å². The third kappa shape index (κ3) is 1.95. The van der Waals surface area contributed by atoms with Gasteiger partial charge in [0.2, 0.25) is 0 Å². The molecular weight excluding hydrogens is 178 g/mol. The van der Waals surface area contributed by atoms with Crippen molar-refractivity contribution in [2.24, 2.45) is 0 Å². The van der Waals surface area contributed by atoms with Gasteiger partial charge in [-0.2, -0.15) is 0 Å². The second kappa shape index (κ2) is 3.71. The lowest BCUT2D eigenvalue weighted by molar-refractivity contribution is 1.15. The van der Waals surface area contributed by atoms with Gasteiger partial charge in [-0.3, -0.25) is 0 Å². The Morgan fingerprint density at radius 2 is 2.00 bits per heavy atom. The number of nitrogens with zero attached hydrogens (tertiary/aromatic N) is 1. The molecule has 0 unspecified atom stereocenters. The Morgan fingerprint density at radius 3 is 2.62 bits per heavy atom. The van der Waals surface area contributed by atoms with Crippen LogP contribution in [0.25, 0.3) is 0 Å². The number of benzene rings is 1. The Bertz CT molecular complexity index is 378. The first-order valence-electron chi connectivity index (χ1n) is 4.29. The van der Waals surface area contributed by atoms with Crippen molar-refractivity contribution >= 4 is 11.3 Å². The van der Waals surface area contributed by atoms with Crippen LogP contribution in [0.2, 0.25) is 0 Å². The maximum Gasteiger partial charge on any atom is 0.0797 e. The molecule has 0 spiro atoms. The number of hydrogen-bond acceptors (Lipinski definition) is 2. The predicted molar refractivity (Wildman–Crippen MR) is 56.1 cm³/mol. The largest absolute Gasteiger partial charge is 0.250 e. The monoisotopic (exact) mass is 189 g/mol. The van der Waals surface area contributed by atoms with E-state index < -0.39 is 0 Å². The molecule has 0 fully saturated rings. The van der Waals surface area contributed by atoms with E-state index in [2.05, 4.69) is 36.2 Å². The minimum absolute atomic E-state index is 1.01. The van der Waals surface area contributed by atoms with Crippen LogP contribution >= 0.6 is 11.3 Å². The molecule has 2 rings (SSSR count). The summed E-state index contributed by atoms with van der Waals surface area (Å²) in [5.41, 5.74) is 4.43. The zero-order valence-corrected chi connectivity index (χ0v) is 8.34. The van der Waals surface area contributed by atoms with Crippen molar-refractivity contribution in [1.29, 1.82) is 0 Å². The topological polar surface area (TPSA) is 12.9 Å². The van der Waals surface area contributed by atoms with E-state index in [1.165, 1.54) is 10.4 Å². The molecule has 0 saturated carbocycles. The smallest absolute Gasteiger partial charge is 0.0797 e. The number of aryl methyl sites for hydroxylation is 1. The van der Waals surface area contributed by atoms with E-state index in [0.717, 1.165) is 12.1 Å². The fourth-order valence-corrected chi connectivity index (χ4v) is 2.09. The molecule has 1 nitrogen and oxygen atoms in total. The molecule has 13 heavy (non-hydrogen) atoms. The van der Waals surface area contributed by atoms with E-state index in [4.69, 9.17) is 0 Å². The molecule has 0 amide bonds. The summed E-state index contributed by atoms with van der Waals surface area (Å²) in [5.74, 6) is 0. The fraction of sp³-hybridized carbons (Fsp3) is 0.182. The highest BCUT2D eigenvalue weighted by atomic mass is 32.1. The summed E-state index contributed by atoms with van der Waals surface area (Å²) in [6.45, 7) is 2.06. The minimum Gasteiger partial charge on any atom is -0.250 e. The molecule has 0 aliphatic carbocycles. The highest BCUT2D eigenvalue weighted by Gasteiger charge is 2.01. The van der Waals surface area contributed by atoms with Crippen LogP contribution in [0.3, 0.4) is 0 Å². The number of rotatable bonds is 2. The van der Waals surface area contributed by atoms with Crippen molar-refractivity contribution in [3.05, 3.63) is 52.0 Å². The second-order valence-electron chi connectivity index (χ2n) is 3.02. The van der Waals surface area contributed by atoms with Gasteiger partial charge in [0.15, 0.2) is 0 Å². The van der Waals surface area contributed by atoms with Gasteiger partial charge in [-0.05, 0) is 12.5 Å². The summed E-state index contributed by atoms with van der Waals surface area (Å²) in [6, 6.07) is 10.5. The lowest BCUT2D eigenvalue weighted by atomic mass is 10.1. The summed E-state index contributed by atoms with van der Waals surface area (Å²) in [7, 11) is 0. The first-order chi connectivity index (χ1) is 6.36. The average molecular weight is 189 g/mol.